The van der Waals surface area contributed by atoms with Gasteiger partial charge in [-0.25, -0.2) is 4.79 Å². The van der Waals surface area contributed by atoms with E-state index in [2.05, 4.69) is 20.4 Å². The van der Waals surface area contributed by atoms with Gasteiger partial charge in [0.1, 0.15) is 5.69 Å². The van der Waals surface area contributed by atoms with Gasteiger partial charge in [0.25, 0.3) is 5.91 Å². The Balaban J connectivity index is 1.99. The molecule has 0 saturated carbocycles. The Morgan fingerprint density at radius 1 is 1.32 bits per heavy atom. The number of esters is 1. The molecule has 0 radical (unpaired) electrons. The number of hydrogen-bond donors (Lipinski definition) is 3. The lowest BCUT2D eigenvalue weighted by Crippen LogP contribution is -2.37. The van der Waals surface area contributed by atoms with Gasteiger partial charge in [-0.05, 0) is 32.0 Å². The van der Waals surface area contributed by atoms with E-state index in [9.17, 15) is 22.8 Å². The Bertz CT molecular complexity index is 823. The zero-order valence-corrected chi connectivity index (χ0v) is 13.3. The highest BCUT2D eigenvalue weighted by atomic mass is 19.4. The number of amides is 1. The Hall–Kier alpha value is -2.55. The van der Waals surface area contributed by atoms with Crippen molar-refractivity contribution in [3.8, 4) is 5.75 Å². The molecule has 1 saturated heterocycles. The van der Waals surface area contributed by atoms with Crippen molar-refractivity contribution < 1.29 is 27.5 Å². The van der Waals surface area contributed by atoms with Crippen molar-refractivity contribution in [1.82, 2.24) is 15.6 Å². The SMILES string of the molecule is Cc1ccc2[nH]c(C(=O)NC3CCNC3)c(OC(=O)C(F)(F)F)c2c1. The predicted octanol–water partition coefficient (Wildman–Crippen LogP) is 2.04. The van der Waals surface area contributed by atoms with E-state index in [0.717, 1.165) is 12.1 Å². The average molecular weight is 355 g/mol. The van der Waals surface area contributed by atoms with E-state index in [-0.39, 0.29) is 17.1 Å². The van der Waals surface area contributed by atoms with Gasteiger partial charge in [0.2, 0.25) is 0 Å². The molecular formula is C16H16F3N3O3. The van der Waals surface area contributed by atoms with Gasteiger partial charge in [-0.1, -0.05) is 11.6 Å². The number of hydrogen-bond acceptors (Lipinski definition) is 4. The molecule has 3 N–H and O–H groups in total. The molecular weight excluding hydrogens is 339 g/mol. The van der Waals surface area contributed by atoms with E-state index < -0.39 is 23.8 Å². The topological polar surface area (TPSA) is 83.2 Å². The molecule has 0 bridgehead atoms. The summed E-state index contributed by atoms with van der Waals surface area (Å²) in [6.45, 7) is 3.06. The molecule has 1 amide bonds. The number of nitrogens with one attached hydrogen (secondary N) is 3. The zero-order chi connectivity index (χ0) is 18.2. The van der Waals surface area contributed by atoms with Gasteiger partial charge in [-0.15, -0.1) is 0 Å². The van der Waals surface area contributed by atoms with Crippen LogP contribution in [0.15, 0.2) is 18.2 Å². The van der Waals surface area contributed by atoms with Crippen LogP contribution in [0.1, 0.15) is 22.5 Å². The van der Waals surface area contributed by atoms with Gasteiger partial charge in [-0.2, -0.15) is 13.2 Å². The summed E-state index contributed by atoms with van der Waals surface area (Å²) in [6, 6.07) is 4.77. The Labute approximate surface area is 140 Å². The van der Waals surface area contributed by atoms with E-state index in [1.165, 1.54) is 0 Å². The summed E-state index contributed by atoms with van der Waals surface area (Å²) in [4.78, 5) is 26.5. The maximum atomic E-state index is 12.6. The maximum Gasteiger partial charge on any atom is 0.491 e. The van der Waals surface area contributed by atoms with Crippen molar-refractivity contribution in [3.05, 3.63) is 29.5 Å². The van der Waals surface area contributed by atoms with E-state index in [0.29, 0.717) is 18.5 Å². The van der Waals surface area contributed by atoms with Crippen LogP contribution in [0, 0.1) is 6.92 Å². The number of fused-ring (bicyclic) bond motifs is 1. The second-order valence-corrected chi connectivity index (χ2v) is 5.93. The highest BCUT2D eigenvalue weighted by Crippen LogP contribution is 2.33. The molecule has 1 aliphatic rings. The number of alkyl halides is 3. The first-order chi connectivity index (χ1) is 11.8. The fourth-order valence-electron chi connectivity index (χ4n) is 2.73. The Morgan fingerprint density at radius 3 is 2.72 bits per heavy atom. The van der Waals surface area contributed by atoms with Crippen LogP contribution in [0.4, 0.5) is 13.2 Å². The zero-order valence-electron chi connectivity index (χ0n) is 13.3. The molecule has 1 aromatic carbocycles. The fraction of sp³-hybridized carbons (Fsp3) is 0.375. The third kappa shape index (κ3) is 3.60. The number of ether oxygens (including phenoxy) is 1. The molecule has 25 heavy (non-hydrogen) atoms. The number of benzene rings is 1. The minimum Gasteiger partial charge on any atom is -0.417 e. The minimum absolute atomic E-state index is 0.133. The van der Waals surface area contributed by atoms with Gasteiger partial charge in [0.15, 0.2) is 5.75 Å². The van der Waals surface area contributed by atoms with Crippen LogP contribution in [0.5, 0.6) is 5.75 Å². The van der Waals surface area contributed by atoms with Crippen molar-refractivity contribution in [3.63, 3.8) is 0 Å². The van der Waals surface area contributed by atoms with Crippen molar-refractivity contribution in [2.24, 2.45) is 0 Å². The number of aryl methyl sites for hydroxylation is 1. The van der Waals surface area contributed by atoms with Crippen molar-refractivity contribution >= 4 is 22.8 Å². The number of halogens is 3. The number of carbonyl (C=O) groups is 2. The average Bonchev–Trinajstić information content (AvgIpc) is 3.14. The van der Waals surface area contributed by atoms with Crippen molar-refractivity contribution in [1.29, 1.82) is 0 Å². The summed E-state index contributed by atoms with van der Waals surface area (Å²) in [6.07, 6.45) is -4.45. The molecule has 1 atom stereocenters. The number of aromatic nitrogens is 1. The first-order valence-corrected chi connectivity index (χ1v) is 7.68. The molecule has 2 heterocycles. The molecule has 2 aromatic rings. The normalized spacial score (nSPS) is 17.7. The molecule has 1 aromatic heterocycles. The van der Waals surface area contributed by atoms with Gasteiger partial charge < -0.3 is 20.4 Å². The van der Waals surface area contributed by atoms with Crippen molar-refractivity contribution in [2.45, 2.75) is 25.6 Å². The largest absolute Gasteiger partial charge is 0.491 e. The van der Waals surface area contributed by atoms with Crippen LogP contribution in [0.3, 0.4) is 0 Å². The molecule has 1 unspecified atom stereocenters. The summed E-state index contributed by atoms with van der Waals surface area (Å²) >= 11 is 0. The highest BCUT2D eigenvalue weighted by Gasteiger charge is 2.42. The first-order valence-electron chi connectivity index (χ1n) is 7.68. The van der Waals surface area contributed by atoms with Gasteiger partial charge in [0.05, 0.1) is 0 Å². The van der Waals surface area contributed by atoms with E-state index in [1.54, 1.807) is 25.1 Å². The Morgan fingerprint density at radius 2 is 2.08 bits per heavy atom. The molecule has 3 rings (SSSR count). The van der Waals surface area contributed by atoms with Crippen LogP contribution in [-0.4, -0.2) is 42.2 Å². The highest BCUT2D eigenvalue weighted by molar-refractivity contribution is 6.05. The first kappa shape index (κ1) is 17.3. The van der Waals surface area contributed by atoms with Crippen molar-refractivity contribution in [2.75, 3.05) is 13.1 Å². The summed E-state index contributed by atoms with van der Waals surface area (Å²) in [7, 11) is 0. The summed E-state index contributed by atoms with van der Waals surface area (Å²) in [5, 5.41) is 6.03. The number of rotatable bonds is 3. The molecule has 9 heteroatoms. The van der Waals surface area contributed by atoms with E-state index in [4.69, 9.17) is 0 Å². The third-order valence-corrected chi connectivity index (χ3v) is 3.96. The number of H-pyrrole nitrogens is 1. The lowest BCUT2D eigenvalue weighted by atomic mass is 10.1. The number of aromatic amines is 1. The Kier molecular flexibility index (Phi) is 4.42. The van der Waals surface area contributed by atoms with Crippen LogP contribution < -0.4 is 15.4 Å². The standard InChI is InChI=1S/C16H16F3N3O3/c1-8-2-3-11-10(6-8)13(25-15(24)16(17,18)19)12(22-11)14(23)21-9-4-5-20-7-9/h2-3,6,9,20,22H,4-5,7H2,1H3,(H,21,23). The van der Waals surface area contributed by atoms with E-state index >= 15 is 0 Å². The number of carbonyl (C=O) groups excluding carboxylic acids is 2. The van der Waals surface area contributed by atoms with Crippen LogP contribution >= 0.6 is 0 Å². The van der Waals surface area contributed by atoms with Crippen LogP contribution in [-0.2, 0) is 4.79 Å². The minimum atomic E-state index is -5.16. The second-order valence-electron chi connectivity index (χ2n) is 5.93. The van der Waals surface area contributed by atoms with Crippen LogP contribution in [0.2, 0.25) is 0 Å². The smallest absolute Gasteiger partial charge is 0.417 e. The summed E-state index contributed by atoms with van der Waals surface area (Å²) in [5.74, 6) is -3.40. The third-order valence-electron chi connectivity index (χ3n) is 3.96. The fourth-order valence-corrected chi connectivity index (χ4v) is 2.73. The van der Waals surface area contributed by atoms with Gasteiger partial charge in [0, 0.05) is 23.5 Å². The molecule has 0 aliphatic carbocycles. The quantitative estimate of drug-likeness (QED) is 0.736. The molecule has 0 spiro atoms. The monoisotopic (exact) mass is 355 g/mol. The van der Waals surface area contributed by atoms with Crippen LogP contribution in [0.25, 0.3) is 10.9 Å². The maximum absolute atomic E-state index is 12.6. The molecule has 6 nitrogen and oxygen atoms in total. The second kappa shape index (κ2) is 6.40. The van der Waals surface area contributed by atoms with Gasteiger partial charge in [-0.3, -0.25) is 4.79 Å². The predicted molar refractivity (Wildman–Crippen MR) is 83.5 cm³/mol. The van der Waals surface area contributed by atoms with Gasteiger partial charge >= 0.3 is 12.1 Å². The molecule has 134 valence electrons. The summed E-state index contributed by atoms with van der Waals surface area (Å²) in [5.41, 5.74) is 0.957. The summed E-state index contributed by atoms with van der Waals surface area (Å²) < 4.78 is 42.3. The molecule has 1 aliphatic heterocycles. The molecule has 1 fully saturated rings. The van der Waals surface area contributed by atoms with E-state index in [1.807, 2.05) is 0 Å². The lowest BCUT2D eigenvalue weighted by molar-refractivity contribution is -0.189. The lowest BCUT2D eigenvalue weighted by Gasteiger charge is -2.12.